The standard InChI is InChI=1S/C12H18N2O2/c1-12(9-13)4-6-14(7-5-12)11(15)10-3-2-8-16-10/h2-3,8H,4-7,9,13H2,1H3. The summed E-state index contributed by atoms with van der Waals surface area (Å²) in [7, 11) is 0. The Bertz CT molecular complexity index is 351. The molecule has 0 unspecified atom stereocenters. The van der Waals surface area contributed by atoms with Crippen molar-refractivity contribution >= 4 is 5.91 Å². The highest BCUT2D eigenvalue weighted by atomic mass is 16.3. The van der Waals surface area contributed by atoms with Gasteiger partial charge in [0.2, 0.25) is 0 Å². The lowest BCUT2D eigenvalue weighted by atomic mass is 9.80. The van der Waals surface area contributed by atoms with Gasteiger partial charge in [0.25, 0.3) is 5.91 Å². The molecule has 0 aliphatic carbocycles. The van der Waals surface area contributed by atoms with Gasteiger partial charge in [-0.15, -0.1) is 0 Å². The average molecular weight is 222 g/mol. The van der Waals surface area contributed by atoms with E-state index in [1.807, 2.05) is 4.90 Å². The van der Waals surface area contributed by atoms with Crippen LogP contribution in [0.5, 0.6) is 0 Å². The third-order valence-electron chi connectivity index (χ3n) is 3.48. The number of nitrogens with two attached hydrogens (primary N) is 1. The first-order valence-electron chi connectivity index (χ1n) is 5.67. The van der Waals surface area contributed by atoms with Gasteiger partial charge in [-0.1, -0.05) is 6.92 Å². The average Bonchev–Trinajstić information content (AvgIpc) is 2.83. The first-order valence-corrected chi connectivity index (χ1v) is 5.67. The van der Waals surface area contributed by atoms with E-state index in [-0.39, 0.29) is 11.3 Å². The maximum Gasteiger partial charge on any atom is 0.289 e. The molecule has 0 atom stereocenters. The molecule has 88 valence electrons. The van der Waals surface area contributed by atoms with Crippen molar-refractivity contribution in [1.29, 1.82) is 0 Å². The number of hydrogen-bond donors (Lipinski definition) is 1. The topological polar surface area (TPSA) is 59.5 Å². The number of carbonyl (C=O) groups excluding carboxylic acids is 1. The van der Waals surface area contributed by atoms with Gasteiger partial charge in [0.15, 0.2) is 5.76 Å². The molecule has 1 saturated heterocycles. The molecule has 1 aromatic rings. The molecule has 2 N–H and O–H groups in total. The lowest BCUT2D eigenvalue weighted by Crippen LogP contribution is -2.44. The van der Waals surface area contributed by atoms with Crippen LogP contribution in [-0.2, 0) is 0 Å². The van der Waals surface area contributed by atoms with Gasteiger partial charge in [0.05, 0.1) is 6.26 Å². The normalized spacial score (nSPS) is 19.8. The fourth-order valence-electron chi connectivity index (χ4n) is 2.01. The first kappa shape index (κ1) is 11.2. The molecular formula is C12H18N2O2. The summed E-state index contributed by atoms with van der Waals surface area (Å²) in [4.78, 5) is 13.8. The Morgan fingerprint density at radius 1 is 1.56 bits per heavy atom. The number of rotatable bonds is 2. The van der Waals surface area contributed by atoms with Crippen LogP contribution in [-0.4, -0.2) is 30.4 Å². The van der Waals surface area contributed by atoms with Gasteiger partial charge in [0, 0.05) is 13.1 Å². The van der Waals surface area contributed by atoms with E-state index < -0.39 is 0 Å². The highest BCUT2D eigenvalue weighted by Crippen LogP contribution is 2.29. The summed E-state index contributed by atoms with van der Waals surface area (Å²) >= 11 is 0. The summed E-state index contributed by atoms with van der Waals surface area (Å²) in [6, 6.07) is 3.44. The number of likely N-dealkylation sites (tertiary alicyclic amines) is 1. The number of hydrogen-bond acceptors (Lipinski definition) is 3. The van der Waals surface area contributed by atoms with Gasteiger partial charge in [-0.25, -0.2) is 0 Å². The molecule has 2 heterocycles. The van der Waals surface area contributed by atoms with Crippen molar-refractivity contribution in [2.24, 2.45) is 11.1 Å². The van der Waals surface area contributed by atoms with Crippen LogP contribution in [0, 0.1) is 5.41 Å². The van der Waals surface area contributed by atoms with Crippen LogP contribution in [0.15, 0.2) is 22.8 Å². The van der Waals surface area contributed by atoms with E-state index in [0.717, 1.165) is 25.9 Å². The molecule has 16 heavy (non-hydrogen) atoms. The van der Waals surface area contributed by atoms with Crippen LogP contribution >= 0.6 is 0 Å². The van der Waals surface area contributed by atoms with Crippen LogP contribution in [0.25, 0.3) is 0 Å². The first-order chi connectivity index (χ1) is 7.64. The third kappa shape index (κ3) is 2.11. The molecule has 1 fully saturated rings. The van der Waals surface area contributed by atoms with Crippen molar-refractivity contribution in [1.82, 2.24) is 4.90 Å². The van der Waals surface area contributed by atoms with Crippen molar-refractivity contribution < 1.29 is 9.21 Å². The number of carbonyl (C=O) groups is 1. The molecule has 0 radical (unpaired) electrons. The minimum Gasteiger partial charge on any atom is -0.459 e. The fourth-order valence-corrected chi connectivity index (χ4v) is 2.01. The Morgan fingerprint density at radius 3 is 2.75 bits per heavy atom. The van der Waals surface area contributed by atoms with E-state index in [0.29, 0.717) is 12.3 Å². The molecule has 0 aromatic carbocycles. The Labute approximate surface area is 95.4 Å². The summed E-state index contributed by atoms with van der Waals surface area (Å²) in [6.07, 6.45) is 3.47. The monoisotopic (exact) mass is 222 g/mol. The Hall–Kier alpha value is -1.29. The number of amides is 1. The van der Waals surface area contributed by atoms with Crippen LogP contribution in [0.4, 0.5) is 0 Å². The molecule has 1 amide bonds. The van der Waals surface area contributed by atoms with Crippen molar-refractivity contribution in [3.05, 3.63) is 24.2 Å². The fraction of sp³-hybridized carbons (Fsp3) is 0.583. The van der Waals surface area contributed by atoms with Gasteiger partial charge in [-0.3, -0.25) is 4.79 Å². The second-order valence-electron chi connectivity index (χ2n) is 4.78. The van der Waals surface area contributed by atoms with Gasteiger partial charge < -0.3 is 15.1 Å². The quantitative estimate of drug-likeness (QED) is 0.824. The Morgan fingerprint density at radius 2 is 2.25 bits per heavy atom. The van der Waals surface area contributed by atoms with Crippen molar-refractivity contribution in [2.45, 2.75) is 19.8 Å². The Kier molecular flexibility index (Phi) is 3.01. The molecule has 1 aliphatic rings. The van der Waals surface area contributed by atoms with E-state index in [4.69, 9.17) is 10.2 Å². The van der Waals surface area contributed by atoms with Gasteiger partial charge in [-0.2, -0.15) is 0 Å². The number of piperidine rings is 1. The number of nitrogens with zero attached hydrogens (tertiary/aromatic N) is 1. The van der Waals surface area contributed by atoms with Gasteiger partial charge in [0.1, 0.15) is 0 Å². The molecule has 2 rings (SSSR count). The molecule has 1 aromatic heterocycles. The SMILES string of the molecule is CC1(CN)CCN(C(=O)c2ccco2)CC1. The van der Waals surface area contributed by atoms with Crippen molar-refractivity contribution in [3.63, 3.8) is 0 Å². The Balaban J connectivity index is 1.97. The molecule has 4 heteroatoms. The maximum atomic E-state index is 12.0. The molecule has 0 bridgehead atoms. The second kappa shape index (κ2) is 4.29. The maximum absolute atomic E-state index is 12.0. The molecule has 4 nitrogen and oxygen atoms in total. The minimum absolute atomic E-state index is 0.0101. The van der Waals surface area contributed by atoms with E-state index in [1.165, 1.54) is 6.26 Å². The largest absolute Gasteiger partial charge is 0.459 e. The third-order valence-corrected chi connectivity index (χ3v) is 3.48. The van der Waals surface area contributed by atoms with Crippen molar-refractivity contribution in [3.8, 4) is 0 Å². The van der Waals surface area contributed by atoms with Gasteiger partial charge >= 0.3 is 0 Å². The zero-order valence-corrected chi connectivity index (χ0v) is 9.61. The molecule has 1 aliphatic heterocycles. The molecular weight excluding hydrogens is 204 g/mol. The van der Waals surface area contributed by atoms with Crippen molar-refractivity contribution in [2.75, 3.05) is 19.6 Å². The zero-order chi connectivity index (χ0) is 11.6. The van der Waals surface area contributed by atoms with E-state index in [1.54, 1.807) is 12.1 Å². The zero-order valence-electron chi connectivity index (χ0n) is 9.61. The molecule has 0 saturated carbocycles. The summed E-state index contributed by atoms with van der Waals surface area (Å²) in [5.74, 6) is 0.417. The highest BCUT2D eigenvalue weighted by Gasteiger charge is 2.31. The lowest BCUT2D eigenvalue weighted by molar-refractivity contribution is 0.0587. The summed E-state index contributed by atoms with van der Waals surface area (Å²) in [6.45, 7) is 4.41. The van der Waals surface area contributed by atoms with Gasteiger partial charge in [-0.05, 0) is 36.9 Å². The summed E-state index contributed by atoms with van der Waals surface area (Å²) < 4.78 is 5.11. The predicted molar refractivity (Wildman–Crippen MR) is 61.0 cm³/mol. The lowest BCUT2D eigenvalue weighted by Gasteiger charge is -2.38. The smallest absolute Gasteiger partial charge is 0.289 e. The van der Waals surface area contributed by atoms with Crippen LogP contribution < -0.4 is 5.73 Å². The minimum atomic E-state index is -0.0101. The number of furan rings is 1. The predicted octanol–water partition coefficient (Wildman–Crippen LogP) is 1.48. The van der Waals surface area contributed by atoms with E-state index in [2.05, 4.69) is 6.92 Å². The van der Waals surface area contributed by atoms with Crippen LogP contribution in [0.1, 0.15) is 30.3 Å². The van der Waals surface area contributed by atoms with Crippen LogP contribution in [0.2, 0.25) is 0 Å². The highest BCUT2D eigenvalue weighted by molar-refractivity contribution is 5.91. The van der Waals surface area contributed by atoms with E-state index >= 15 is 0 Å². The summed E-state index contributed by atoms with van der Waals surface area (Å²) in [5, 5.41) is 0. The second-order valence-corrected chi connectivity index (χ2v) is 4.78. The van der Waals surface area contributed by atoms with Crippen LogP contribution in [0.3, 0.4) is 0 Å². The summed E-state index contributed by atoms with van der Waals surface area (Å²) in [5.41, 5.74) is 5.93. The molecule has 0 spiro atoms. The van der Waals surface area contributed by atoms with E-state index in [9.17, 15) is 4.79 Å².